The summed E-state index contributed by atoms with van der Waals surface area (Å²) in [6, 6.07) is 3.14. The summed E-state index contributed by atoms with van der Waals surface area (Å²) >= 11 is 0. The fourth-order valence-corrected chi connectivity index (χ4v) is 4.00. The van der Waals surface area contributed by atoms with Gasteiger partial charge in [0, 0.05) is 25.4 Å². The molecule has 2 aliphatic rings. The Hall–Kier alpha value is -1.14. The highest BCUT2D eigenvalue weighted by atomic mass is 32.2. The minimum absolute atomic E-state index is 0.291. The number of rotatable bonds is 8. The van der Waals surface area contributed by atoms with Crippen molar-refractivity contribution in [3.8, 4) is 0 Å². The molecule has 0 aliphatic heterocycles. The van der Waals surface area contributed by atoms with Crippen LogP contribution in [0.15, 0.2) is 23.2 Å². The first-order valence-electron chi connectivity index (χ1n) is 7.79. The van der Waals surface area contributed by atoms with E-state index in [1.807, 2.05) is 6.92 Å². The van der Waals surface area contributed by atoms with Crippen molar-refractivity contribution in [3.63, 3.8) is 0 Å². The van der Waals surface area contributed by atoms with E-state index in [0.29, 0.717) is 23.2 Å². The molecule has 0 aromatic carbocycles. The zero-order chi connectivity index (χ0) is 14.9. The third-order valence-corrected chi connectivity index (χ3v) is 5.78. The Labute approximate surface area is 126 Å². The van der Waals surface area contributed by atoms with Crippen molar-refractivity contribution in [3.05, 3.63) is 18.3 Å². The van der Waals surface area contributed by atoms with Crippen LogP contribution in [0.3, 0.4) is 0 Å². The van der Waals surface area contributed by atoms with Crippen LogP contribution in [0.2, 0.25) is 0 Å². The molecule has 2 fully saturated rings. The van der Waals surface area contributed by atoms with E-state index in [9.17, 15) is 8.42 Å². The molecule has 1 aromatic heterocycles. The van der Waals surface area contributed by atoms with Crippen molar-refractivity contribution >= 4 is 15.8 Å². The first-order chi connectivity index (χ1) is 10.1. The molecular formula is C15H23N3O2S. The Morgan fingerprint density at radius 1 is 1.29 bits per heavy atom. The van der Waals surface area contributed by atoms with E-state index < -0.39 is 10.0 Å². The lowest BCUT2D eigenvalue weighted by atomic mass is 9.99. The smallest absolute Gasteiger partial charge is 0.240 e. The summed E-state index contributed by atoms with van der Waals surface area (Å²) < 4.78 is 27.6. The van der Waals surface area contributed by atoms with E-state index in [4.69, 9.17) is 0 Å². The molecule has 2 N–H and O–H groups in total. The van der Waals surface area contributed by atoms with Crippen LogP contribution in [0.1, 0.15) is 32.6 Å². The summed E-state index contributed by atoms with van der Waals surface area (Å²) in [6.45, 7) is 3.25. The van der Waals surface area contributed by atoms with Gasteiger partial charge in [0.1, 0.15) is 5.82 Å². The van der Waals surface area contributed by atoms with Crippen molar-refractivity contribution in [2.24, 2.45) is 17.8 Å². The molecule has 0 saturated heterocycles. The van der Waals surface area contributed by atoms with E-state index in [0.717, 1.165) is 18.4 Å². The standard InChI is InChI=1S/C15H23N3O2S/c1-2-16-15-9-13(7-8-17-15)21(19,20)18-10-14(11-3-4-11)12-5-6-12/h7-9,11-12,14,18H,2-6,10H2,1H3,(H,16,17). The molecule has 0 radical (unpaired) electrons. The van der Waals surface area contributed by atoms with Crippen molar-refractivity contribution in [1.29, 1.82) is 0 Å². The minimum Gasteiger partial charge on any atom is -0.370 e. The zero-order valence-electron chi connectivity index (χ0n) is 12.4. The number of pyridine rings is 1. The van der Waals surface area contributed by atoms with Gasteiger partial charge in [0.05, 0.1) is 4.90 Å². The number of hydrogen-bond acceptors (Lipinski definition) is 4. The van der Waals surface area contributed by atoms with Gasteiger partial charge in [0.15, 0.2) is 0 Å². The van der Waals surface area contributed by atoms with Crippen molar-refractivity contribution < 1.29 is 8.42 Å². The van der Waals surface area contributed by atoms with Gasteiger partial charge >= 0.3 is 0 Å². The summed E-state index contributed by atoms with van der Waals surface area (Å²) in [5, 5.41) is 3.04. The molecule has 2 aliphatic carbocycles. The Morgan fingerprint density at radius 3 is 2.52 bits per heavy atom. The van der Waals surface area contributed by atoms with Crippen LogP contribution in [0.4, 0.5) is 5.82 Å². The van der Waals surface area contributed by atoms with Gasteiger partial charge in [-0.3, -0.25) is 0 Å². The summed E-state index contributed by atoms with van der Waals surface area (Å²) in [6.07, 6.45) is 6.60. The molecule has 1 heterocycles. The molecule has 1 aromatic rings. The minimum atomic E-state index is -3.44. The molecule has 2 saturated carbocycles. The number of anilines is 1. The molecule has 6 heteroatoms. The lowest BCUT2D eigenvalue weighted by molar-refractivity contribution is 0.401. The summed E-state index contributed by atoms with van der Waals surface area (Å²) in [7, 11) is -3.44. The van der Waals surface area contributed by atoms with Crippen molar-refractivity contribution in [2.45, 2.75) is 37.5 Å². The number of aromatic nitrogens is 1. The van der Waals surface area contributed by atoms with E-state index in [1.165, 1.54) is 31.9 Å². The average molecular weight is 309 g/mol. The molecule has 0 bridgehead atoms. The maximum atomic E-state index is 12.4. The van der Waals surface area contributed by atoms with E-state index in [-0.39, 0.29) is 0 Å². The second kappa shape index (κ2) is 5.93. The third-order valence-electron chi connectivity index (χ3n) is 4.36. The Balaban J connectivity index is 1.66. The second-order valence-electron chi connectivity index (χ2n) is 6.10. The van der Waals surface area contributed by atoms with Crippen LogP contribution in [0.25, 0.3) is 0 Å². The largest absolute Gasteiger partial charge is 0.370 e. The van der Waals surface area contributed by atoms with E-state index in [1.54, 1.807) is 12.1 Å². The molecule has 5 nitrogen and oxygen atoms in total. The predicted octanol–water partition coefficient (Wildman–Crippen LogP) is 2.23. The maximum absolute atomic E-state index is 12.4. The normalized spacial score (nSPS) is 19.0. The van der Waals surface area contributed by atoms with Gasteiger partial charge in [-0.2, -0.15) is 0 Å². The number of hydrogen-bond donors (Lipinski definition) is 2. The van der Waals surface area contributed by atoms with Crippen molar-refractivity contribution in [2.75, 3.05) is 18.4 Å². The fraction of sp³-hybridized carbons (Fsp3) is 0.667. The lowest BCUT2D eigenvalue weighted by Gasteiger charge is -2.16. The van der Waals surface area contributed by atoms with Crippen LogP contribution in [-0.2, 0) is 10.0 Å². The highest BCUT2D eigenvalue weighted by Crippen LogP contribution is 2.48. The van der Waals surface area contributed by atoms with E-state index in [2.05, 4.69) is 15.0 Å². The quantitative estimate of drug-likeness (QED) is 0.772. The van der Waals surface area contributed by atoms with Gasteiger partial charge < -0.3 is 5.32 Å². The van der Waals surface area contributed by atoms with Crippen LogP contribution < -0.4 is 10.0 Å². The zero-order valence-corrected chi connectivity index (χ0v) is 13.2. The Kier molecular flexibility index (Phi) is 4.17. The van der Waals surface area contributed by atoms with Gasteiger partial charge in [-0.25, -0.2) is 18.1 Å². The highest BCUT2D eigenvalue weighted by molar-refractivity contribution is 7.89. The van der Waals surface area contributed by atoms with Gasteiger partial charge in [0.25, 0.3) is 0 Å². The molecule has 116 valence electrons. The molecule has 3 rings (SSSR count). The number of nitrogens with one attached hydrogen (secondary N) is 2. The fourth-order valence-electron chi connectivity index (χ4n) is 2.91. The molecule has 0 atom stereocenters. The number of sulfonamides is 1. The Bertz CT molecular complexity index is 583. The van der Waals surface area contributed by atoms with Gasteiger partial charge in [-0.15, -0.1) is 0 Å². The van der Waals surface area contributed by atoms with Crippen LogP contribution in [0.5, 0.6) is 0 Å². The molecule has 0 unspecified atom stereocenters. The monoisotopic (exact) mass is 309 g/mol. The topological polar surface area (TPSA) is 71.1 Å². The number of nitrogens with zero attached hydrogens (tertiary/aromatic N) is 1. The van der Waals surface area contributed by atoms with Crippen LogP contribution in [0, 0.1) is 17.8 Å². The van der Waals surface area contributed by atoms with Gasteiger partial charge in [0.2, 0.25) is 10.0 Å². The molecule has 0 spiro atoms. The average Bonchev–Trinajstić information content (AvgIpc) is 3.34. The second-order valence-corrected chi connectivity index (χ2v) is 7.86. The van der Waals surface area contributed by atoms with Gasteiger partial charge in [-0.05, 0) is 56.4 Å². The summed E-state index contributed by atoms with van der Waals surface area (Å²) in [5.74, 6) is 2.63. The van der Waals surface area contributed by atoms with E-state index >= 15 is 0 Å². The predicted molar refractivity (Wildman–Crippen MR) is 82.5 cm³/mol. The SMILES string of the molecule is CCNc1cc(S(=O)(=O)NCC(C2CC2)C2CC2)ccn1. The first kappa shape index (κ1) is 14.8. The van der Waals surface area contributed by atoms with Crippen LogP contribution in [-0.4, -0.2) is 26.5 Å². The molecular weight excluding hydrogens is 286 g/mol. The van der Waals surface area contributed by atoms with Crippen molar-refractivity contribution in [1.82, 2.24) is 9.71 Å². The first-order valence-corrected chi connectivity index (χ1v) is 9.28. The Morgan fingerprint density at radius 2 is 1.95 bits per heavy atom. The third kappa shape index (κ3) is 3.74. The lowest BCUT2D eigenvalue weighted by Crippen LogP contribution is -2.31. The summed E-state index contributed by atoms with van der Waals surface area (Å²) in [4.78, 5) is 4.40. The maximum Gasteiger partial charge on any atom is 0.240 e. The molecule has 0 amide bonds. The summed E-state index contributed by atoms with van der Waals surface area (Å²) in [5.41, 5.74) is 0. The van der Waals surface area contributed by atoms with Crippen LogP contribution >= 0.6 is 0 Å². The van der Waals surface area contributed by atoms with Gasteiger partial charge in [-0.1, -0.05) is 0 Å². The molecule has 21 heavy (non-hydrogen) atoms. The highest BCUT2D eigenvalue weighted by Gasteiger charge is 2.41.